The number of nitrogens with zero attached hydrogens (tertiary/aromatic N) is 2. The van der Waals surface area contributed by atoms with Gasteiger partial charge in [-0.1, -0.05) is 0 Å². The van der Waals surface area contributed by atoms with Crippen LogP contribution in [0.4, 0.5) is 5.69 Å². The van der Waals surface area contributed by atoms with Crippen molar-refractivity contribution in [2.75, 3.05) is 20.8 Å². The van der Waals surface area contributed by atoms with E-state index in [4.69, 9.17) is 13.9 Å². The first-order valence-electron chi connectivity index (χ1n) is 8.91. The minimum Gasteiger partial charge on any atom is -0.493 e. The molecule has 0 unspecified atom stereocenters. The average Bonchev–Trinajstić information content (AvgIpc) is 3.22. The molecule has 3 rings (SSSR count). The number of esters is 1. The summed E-state index contributed by atoms with van der Waals surface area (Å²) in [4.78, 5) is 33.9. The van der Waals surface area contributed by atoms with Gasteiger partial charge in [-0.15, -0.1) is 0 Å². The molecule has 3 aromatic rings. The second-order valence-corrected chi connectivity index (χ2v) is 7.03. The van der Waals surface area contributed by atoms with Crippen LogP contribution in [-0.4, -0.2) is 43.8 Å². The van der Waals surface area contributed by atoms with Gasteiger partial charge in [0, 0.05) is 27.6 Å². The largest absolute Gasteiger partial charge is 0.493 e. The lowest BCUT2D eigenvalue weighted by Gasteiger charge is -2.11. The number of furan rings is 1. The fourth-order valence-corrected chi connectivity index (χ4v) is 3.01. The molecule has 0 spiro atoms. The lowest BCUT2D eigenvalue weighted by molar-refractivity contribution is -0.384. The fraction of sp³-hybridized carbons (Fsp3) is 0.150. The number of halogens is 1. The molecule has 1 N–H and O–H groups in total. The van der Waals surface area contributed by atoms with Crippen molar-refractivity contribution < 1.29 is 33.1 Å². The van der Waals surface area contributed by atoms with Crippen LogP contribution in [0.2, 0.25) is 0 Å². The van der Waals surface area contributed by atoms with Gasteiger partial charge in [-0.25, -0.2) is 10.2 Å². The van der Waals surface area contributed by atoms with E-state index in [1.54, 1.807) is 12.1 Å². The van der Waals surface area contributed by atoms with Crippen LogP contribution in [0.5, 0.6) is 11.5 Å². The zero-order chi connectivity index (χ0) is 23.3. The molecule has 1 heterocycles. The lowest BCUT2D eigenvalue weighted by Crippen LogP contribution is -2.16. The average molecular weight is 506 g/mol. The second-order valence-electron chi connectivity index (χ2n) is 6.18. The predicted octanol–water partition coefficient (Wildman–Crippen LogP) is 3.43. The molecular weight excluding hydrogens is 490 g/mol. The number of methoxy groups -OCH3 is 2. The van der Waals surface area contributed by atoms with Crippen molar-refractivity contribution in [1.29, 1.82) is 0 Å². The molecule has 32 heavy (non-hydrogen) atoms. The Labute approximate surface area is 189 Å². The van der Waals surface area contributed by atoms with E-state index in [1.165, 1.54) is 44.7 Å². The van der Waals surface area contributed by atoms with E-state index < -0.39 is 16.8 Å². The highest BCUT2D eigenvalue weighted by atomic mass is 79.9. The van der Waals surface area contributed by atoms with Crippen LogP contribution in [0.15, 0.2) is 50.4 Å². The predicted molar refractivity (Wildman–Crippen MR) is 116 cm³/mol. The van der Waals surface area contributed by atoms with Crippen molar-refractivity contribution in [2.45, 2.75) is 0 Å². The maximum atomic E-state index is 12.3. The smallest absolute Gasteiger partial charge is 0.343 e. The van der Waals surface area contributed by atoms with E-state index in [9.17, 15) is 19.7 Å². The first-order valence-corrected chi connectivity index (χ1v) is 9.70. The van der Waals surface area contributed by atoms with Crippen molar-refractivity contribution in [3.63, 3.8) is 0 Å². The maximum Gasteiger partial charge on any atom is 0.343 e. The van der Waals surface area contributed by atoms with Gasteiger partial charge in [0.15, 0.2) is 23.9 Å². The summed E-state index contributed by atoms with van der Waals surface area (Å²) < 4.78 is 21.1. The molecule has 166 valence electrons. The van der Waals surface area contributed by atoms with Gasteiger partial charge in [-0.3, -0.25) is 14.9 Å². The zero-order valence-electron chi connectivity index (χ0n) is 16.8. The van der Waals surface area contributed by atoms with Gasteiger partial charge in [0.1, 0.15) is 5.58 Å². The Kier molecular flexibility index (Phi) is 7.05. The van der Waals surface area contributed by atoms with Crippen molar-refractivity contribution in [1.82, 2.24) is 5.43 Å². The van der Waals surface area contributed by atoms with Crippen LogP contribution in [0.1, 0.15) is 16.1 Å². The van der Waals surface area contributed by atoms with Gasteiger partial charge in [0.05, 0.1) is 25.4 Å². The van der Waals surface area contributed by atoms with Crippen LogP contribution < -0.4 is 14.9 Å². The number of benzene rings is 2. The molecule has 11 nitrogen and oxygen atoms in total. The number of fused-ring (bicyclic) bond motifs is 1. The Morgan fingerprint density at radius 3 is 2.69 bits per heavy atom. The number of amides is 1. The number of carbonyl (C=O) groups excluding carboxylic acids is 2. The molecule has 2 aromatic carbocycles. The van der Waals surface area contributed by atoms with Gasteiger partial charge in [-0.2, -0.15) is 5.10 Å². The quantitative estimate of drug-likeness (QED) is 0.212. The third-order valence-corrected chi connectivity index (χ3v) is 4.85. The van der Waals surface area contributed by atoms with Crippen LogP contribution in [0.3, 0.4) is 0 Å². The Balaban J connectivity index is 1.72. The topological polar surface area (TPSA) is 143 Å². The monoisotopic (exact) mass is 505 g/mol. The number of carbonyl (C=O) groups is 2. The van der Waals surface area contributed by atoms with Crippen molar-refractivity contribution >= 4 is 50.7 Å². The van der Waals surface area contributed by atoms with Gasteiger partial charge in [0.25, 0.3) is 5.69 Å². The number of rotatable bonds is 8. The van der Waals surface area contributed by atoms with E-state index >= 15 is 0 Å². The first kappa shape index (κ1) is 22.7. The summed E-state index contributed by atoms with van der Waals surface area (Å²) in [7, 11) is 2.69. The number of ether oxygens (including phenoxy) is 3. The van der Waals surface area contributed by atoms with E-state index in [0.717, 1.165) is 0 Å². The standard InChI is InChI=1S/C20H16BrN3O8/c1-29-16-7-12(14(21)8-17(16)31-10-19(25)30-2)9-22-23-20(26)18-6-11-5-13(24(27)28)3-4-15(11)32-18/h3-9H,10H2,1-2H3,(H,23,26)/b22-9+. The Bertz CT molecular complexity index is 1220. The molecular formula is C20H16BrN3O8. The fourth-order valence-electron chi connectivity index (χ4n) is 2.59. The third kappa shape index (κ3) is 5.21. The SMILES string of the molecule is COC(=O)COc1cc(Br)c(/C=N/NC(=O)c2cc3cc([N+](=O)[O-])ccc3o2)cc1OC. The number of hydrogen-bond donors (Lipinski definition) is 1. The Hall–Kier alpha value is -3.93. The molecule has 0 atom stereocenters. The third-order valence-electron chi connectivity index (χ3n) is 4.16. The number of hydrogen-bond acceptors (Lipinski definition) is 9. The summed E-state index contributed by atoms with van der Waals surface area (Å²) in [6, 6.07) is 8.57. The number of nitro groups is 1. The van der Waals surface area contributed by atoms with Crippen LogP contribution >= 0.6 is 15.9 Å². The van der Waals surface area contributed by atoms with E-state index in [0.29, 0.717) is 32.5 Å². The van der Waals surface area contributed by atoms with Crippen LogP contribution in [0.25, 0.3) is 11.0 Å². The van der Waals surface area contributed by atoms with Gasteiger partial charge in [-0.05, 0) is 40.2 Å². The summed E-state index contributed by atoms with van der Waals surface area (Å²) in [6.45, 7) is -0.288. The highest BCUT2D eigenvalue weighted by molar-refractivity contribution is 9.10. The zero-order valence-corrected chi connectivity index (χ0v) is 18.4. The molecule has 0 aliphatic carbocycles. The number of nitrogens with one attached hydrogen (secondary N) is 1. The molecule has 12 heteroatoms. The van der Waals surface area contributed by atoms with Gasteiger partial charge in [0.2, 0.25) is 0 Å². The van der Waals surface area contributed by atoms with E-state index in [2.05, 4.69) is 31.2 Å². The van der Waals surface area contributed by atoms with Crippen LogP contribution in [-0.2, 0) is 9.53 Å². The molecule has 1 aromatic heterocycles. The molecule has 0 aliphatic rings. The molecule has 0 bridgehead atoms. The van der Waals surface area contributed by atoms with Crippen molar-refractivity contribution in [3.8, 4) is 11.5 Å². The molecule has 1 amide bonds. The summed E-state index contributed by atoms with van der Waals surface area (Å²) in [5.41, 5.74) is 3.09. The highest BCUT2D eigenvalue weighted by Crippen LogP contribution is 2.33. The molecule has 0 aliphatic heterocycles. The summed E-state index contributed by atoms with van der Waals surface area (Å²) in [5.74, 6) is -0.593. The summed E-state index contributed by atoms with van der Waals surface area (Å²) in [5, 5.41) is 15.2. The lowest BCUT2D eigenvalue weighted by atomic mass is 10.2. The number of non-ortho nitro benzene ring substituents is 1. The maximum absolute atomic E-state index is 12.3. The Morgan fingerprint density at radius 1 is 1.22 bits per heavy atom. The summed E-state index contributed by atoms with van der Waals surface area (Å²) in [6.07, 6.45) is 1.36. The van der Waals surface area contributed by atoms with Crippen LogP contribution in [0, 0.1) is 10.1 Å². The van der Waals surface area contributed by atoms with E-state index in [1.807, 2.05) is 0 Å². The van der Waals surface area contributed by atoms with Gasteiger partial charge < -0.3 is 18.6 Å². The molecule has 0 saturated heterocycles. The van der Waals surface area contributed by atoms with Crippen molar-refractivity contribution in [2.24, 2.45) is 5.10 Å². The minimum atomic E-state index is -0.638. The molecule has 0 radical (unpaired) electrons. The minimum absolute atomic E-state index is 0.0548. The Morgan fingerprint density at radius 2 is 2.00 bits per heavy atom. The first-order chi connectivity index (χ1) is 15.3. The molecule has 0 saturated carbocycles. The van der Waals surface area contributed by atoms with E-state index in [-0.39, 0.29) is 18.1 Å². The summed E-state index contributed by atoms with van der Waals surface area (Å²) >= 11 is 3.36. The van der Waals surface area contributed by atoms with Crippen molar-refractivity contribution in [3.05, 3.63) is 62.3 Å². The molecule has 0 fully saturated rings. The van der Waals surface area contributed by atoms with Gasteiger partial charge >= 0.3 is 11.9 Å². The highest BCUT2D eigenvalue weighted by Gasteiger charge is 2.15. The normalized spacial score (nSPS) is 10.8. The number of hydrazone groups is 1. The second kappa shape index (κ2) is 9.92. The number of nitro benzene ring substituents is 1.